The number of aromatic nitrogens is 1. The number of rotatable bonds is 5. The van der Waals surface area contributed by atoms with E-state index in [1.807, 2.05) is 12.3 Å². The minimum Gasteiger partial charge on any atom is -0.396 e. The van der Waals surface area contributed by atoms with Gasteiger partial charge in [0.25, 0.3) is 0 Å². The van der Waals surface area contributed by atoms with Crippen LogP contribution in [0.15, 0.2) is 24.5 Å². The van der Waals surface area contributed by atoms with E-state index in [1.54, 1.807) is 6.20 Å². The van der Waals surface area contributed by atoms with E-state index in [0.717, 1.165) is 13.1 Å². The summed E-state index contributed by atoms with van der Waals surface area (Å²) in [4.78, 5) is 6.28. The van der Waals surface area contributed by atoms with Gasteiger partial charge in [-0.2, -0.15) is 0 Å². The number of nitrogens with zero attached hydrogens (tertiary/aromatic N) is 2. The van der Waals surface area contributed by atoms with E-state index in [-0.39, 0.29) is 12.0 Å². The molecule has 1 aromatic heterocycles. The summed E-state index contributed by atoms with van der Waals surface area (Å²) in [5, 5.41) is 9.17. The molecule has 0 bridgehead atoms. The summed E-state index contributed by atoms with van der Waals surface area (Å²) in [6.07, 6.45) is 3.66. The van der Waals surface area contributed by atoms with Crippen LogP contribution in [0.3, 0.4) is 0 Å². The van der Waals surface area contributed by atoms with Gasteiger partial charge in [0.15, 0.2) is 0 Å². The topological polar surface area (TPSA) is 36.4 Å². The Morgan fingerprint density at radius 1 is 1.47 bits per heavy atom. The van der Waals surface area contributed by atoms with Gasteiger partial charge in [0.2, 0.25) is 0 Å². The van der Waals surface area contributed by atoms with E-state index in [0.29, 0.717) is 0 Å². The molecule has 0 aromatic carbocycles. The number of aliphatic hydroxyl groups excluding tert-OH is 1. The summed E-state index contributed by atoms with van der Waals surface area (Å²) in [6, 6.07) is 4.01. The normalized spacial score (nSPS) is 12.1. The quantitative estimate of drug-likeness (QED) is 0.797. The minimum atomic E-state index is -0.0447. The number of aliphatic hydroxyl groups is 1. The predicted octanol–water partition coefficient (Wildman–Crippen LogP) is 1.53. The smallest absolute Gasteiger partial charge is 0.0494 e. The van der Waals surface area contributed by atoms with Crippen molar-refractivity contribution in [3.63, 3.8) is 0 Å². The van der Waals surface area contributed by atoms with Crippen molar-refractivity contribution < 1.29 is 5.11 Å². The molecule has 84 valence electrons. The SMILES string of the molecule is CN(Cc1cccnc1)CC(C)(C)CO. The van der Waals surface area contributed by atoms with E-state index in [4.69, 9.17) is 5.11 Å². The maximum atomic E-state index is 9.17. The fraction of sp³-hybridized carbons (Fsp3) is 0.583. The Bertz CT molecular complexity index is 285. The molecule has 0 spiro atoms. The maximum absolute atomic E-state index is 9.17. The average Bonchev–Trinajstić information content (AvgIpc) is 2.18. The molecule has 1 N–H and O–H groups in total. The van der Waals surface area contributed by atoms with E-state index < -0.39 is 0 Å². The minimum absolute atomic E-state index is 0.0447. The highest BCUT2D eigenvalue weighted by molar-refractivity contribution is 5.07. The molecule has 0 saturated heterocycles. The zero-order chi connectivity index (χ0) is 11.3. The fourth-order valence-corrected chi connectivity index (χ4v) is 1.64. The number of hydrogen-bond acceptors (Lipinski definition) is 3. The highest BCUT2D eigenvalue weighted by Gasteiger charge is 2.18. The van der Waals surface area contributed by atoms with Gasteiger partial charge in [-0.3, -0.25) is 4.98 Å². The van der Waals surface area contributed by atoms with Gasteiger partial charge in [0, 0.05) is 37.5 Å². The summed E-state index contributed by atoms with van der Waals surface area (Å²) in [6.45, 7) is 6.08. The monoisotopic (exact) mass is 208 g/mol. The first-order valence-electron chi connectivity index (χ1n) is 5.22. The van der Waals surface area contributed by atoms with Crippen molar-refractivity contribution in [3.8, 4) is 0 Å². The summed E-state index contributed by atoms with van der Waals surface area (Å²) in [5.74, 6) is 0. The first-order chi connectivity index (χ1) is 7.03. The van der Waals surface area contributed by atoms with Crippen LogP contribution in [0.2, 0.25) is 0 Å². The molecule has 0 amide bonds. The van der Waals surface area contributed by atoms with Crippen LogP contribution < -0.4 is 0 Å². The van der Waals surface area contributed by atoms with Crippen molar-refractivity contribution in [2.45, 2.75) is 20.4 Å². The van der Waals surface area contributed by atoms with Gasteiger partial charge in [-0.1, -0.05) is 19.9 Å². The molecule has 1 heterocycles. The number of hydrogen-bond donors (Lipinski definition) is 1. The van der Waals surface area contributed by atoms with Gasteiger partial charge in [0.05, 0.1) is 0 Å². The third-order valence-electron chi connectivity index (χ3n) is 2.30. The molecule has 0 saturated carbocycles. The van der Waals surface area contributed by atoms with Crippen molar-refractivity contribution in [2.75, 3.05) is 20.2 Å². The van der Waals surface area contributed by atoms with Crippen LogP contribution >= 0.6 is 0 Å². The van der Waals surface area contributed by atoms with Crippen LogP contribution in [0.5, 0.6) is 0 Å². The van der Waals surface area contributed by atoms with Gasteiger partial charge in [0.1, 0.15) is 0 Å². The van der Waals surface area contributed by atoms with Gasteiger partial charge >= 0.3 is 0 Å². The molecule has 1 aromatic rings. The van der Waals surface area contributed by atoms with E-state index in [2.05, 4.69) is 36.8 Å². The molecule has 0 radical (unpaired) electrons. The molecular weight excluding hydrogens is 188 g/mol. The third kappa shape index (κ3) is 4.40. The molecule has 3 nitrogen and oxygen atoms in total. The number of pyridine rings is 1. The lowest BCUT2D eigenvalue weighted by Crippen LogP contribution is -2.33. The molecule has 0 aliphatic rings. The first kappa shape index (κ1) is 12.1. The van der Waals surface area contributed by atoms with E-state index in [1.165, 1.54) is 5.56 Å². The lowest BCUT2D eigenvalue weighted by molar-refractivity contribution is 0.112. The molecule has 1 rings (SSSR count). The Labute approximate surface area is 91.8 Å². The van der Waals surface area contributed by atoms with E-state index >= 15 is 0 Å². The second kappa shape index (κ2) is 5.24. The molecule has 0 unspecified atom stereocenters. The van der Waals surface area contributed by atoms with Crippen LogP contribution in [-0.2, 0) is 6.54 Å². The first-order valence-corrected chi connectivity index (χ1v) is 5.22. The van der Waals surface area contributed by atoms with Crippen LogP contribution in [0.1, 0.15) is 19.4 Å². The van der Waals surface area contributed by atoms with Gasteiger partial charge in [-0.05, 0) is 18.7 Å². The fourth-order valence-electron chi connectivity index (χ4n) is 1.64. The van der Waals surface area contributed by atoms with Gasteiger partial charge in [-0.25, -0.2) is 0 Å². The Morgan fingerprint density at radius 2 is 2.20 bits per heavy atom. The Morgan fingerprint density at radius 3 is 2.73 bits per heavy atom. The maximum Gasteiger partial charge on any atom is 0.0494 e. The van der Waals surface area contributed by atoms with Crippen LogP contribution in [0, 0.1) is 5.41 Å². The summed E-state index contributed by atoms with van der Waals surface area (Å²) < 4.78 is 0. The van der Waals surface area contributed by atoms with Crippen LogP contribution in [0.25, 0.3) is 0 Å². The molecule has 0 fully saturated rings. The molecule has 0 atom stereocenters. The summed E-state index contributed by atoms with van der Waals surface area (Å²) >= 11 is 0. The Balaban J connectivity index is 2.46. The van der Waals surface area contributed by atoms with Crippen molar-refractivity contribution >= 4 is 0 Å². The van der Waals surface area contributed by atoms with E-state index in [9.17, 15) is 0 Å². The Kier molecular flexibility index (Phi) is 4.24. The van der Waals surface area contributed by atoms with Crippen LogP contribution in [-0.4, -0.2) is 35.2 Å². The van der Waals surface area contributed by atoms with Crippen LogP contribution in [0.4, 0.5) is 0 Å². The van der Waals surface area contributed by atoms with Gasteiger partial charge < -0.3 is 10.0 Å². The molecule has 0 aliphatic carbocycles. The molecular formula is C12H20N2O. The largest absolute Gasteiger partial charge is 0.396 e. The van der Waals surface area contributed by atoms with Crippen molar-refractivity contribution in [1.29, 1.82) is 0 Å². The second-order valence-corrected chi connectivity index (χ2v) is 4.86. The predicted molar refractivity (Wildman–Crippen MR) is 61.4 cm³/mol. The zero-order valence-corrected chi connectivity index (χ0v) is 9.77. The summed E-state index contributed by atoms with van der Waals surface area (Å²) in [7, 11) is 2.06. The average molecular weight is 208 g/mol. The van der Waals surface area contributed by atoms with Crippen molar-refractivity contribution in [3.05, 3.63) is 30.1 Å². The van der Waals surface area contributed by atoms with Gasteiger partial charge in [-0.15, -0.1) is 0 Å². The molecule has 0 aliphatic heterocycles. The van der Waals surface area contributed by atoms with Crippen molar-refractivity contribution in [2.24, 2.45) is 5.41 Å². The lowest BCUT2D eigenvalue weighted by atomic mass is 9.94. The molecule has 3 heteroatoms. The highest BCUT2D eigenvalue weighted by Crippen LogP contribution is 2.15. The molecule has 15 heavy (non-hydrogen) atoms. The highest BCUT2D eigenvalue weighted by atomic mass is 16.3. The lowest BCUT2D eigenvalue weighted by Gasteiger charge is -2.28. The zero-order valence-electron chi connectivity index (χ0n) is 9.77. The van der Waals surface area contributed by atoms with Crippen molar-refractivity contribution in [1.82, 2.24) is 9.88 Å². The standard InChI is InChI=1S/C12H20N2O/c1-12(2,10-15)9-14(3)8-11-5-4-6-13-7-11/h4-7,15H,8-10H2,1-3H3. The third-order valence-corrected chi connectivity index (χ3v) is 2.30. The summed E-state index contributed by atoms with van der Waals surface area (Å²) in [5.41, 5.74) is 1.16. The Hall–Kier alpha value is -0.930. The second-order valence-electron chi connectivity index (χ2n) is 4.86.